The van der Waals surface area contributed by atoms with Gasteiger partial charge < -0.3 is 15.4 Å². The third-order valence-corrected chi connectivity index (χ3v) is 4.95. The van der Waals surface area contributed by atoms with Crippen LogP contribution in [0.15, 0.2) is 47.3 Å². The van der Waals surface area contributed by atoms with Gasteiger partial charge in [-0.05, 0) is 31.5 Å². The first-order valence-corrected chi connectivity index (χ1v) is 10.9. The maximum absolute atomic E-state index is 14.3. The normalized spacial score (nSPS) is 17.8. The lowest BCUT2D eigenvalue weighted by Crippen LogP contribution is -2.36. The Kier molecular flexibility index (Phi) is 10.4. The molecule has 2 rings (SSSR count). The molecule has 10 heteroatoms. The van der Waals surface area contributed by atoms with Crippen LogP contribution in [-0.4, -0.2) is 61.9 Å². The second-order valence-corrected chi connectivity index (χ2v) is 7.61. The van der Waals surface area contributed by atoms with E-state index in [0.29, 0.717) is 18.7 Å². The van der Waals surface area contributed by atoms with Gasteiger partial charge in [-0.1, -0.05) is 24.3 Å². The van der Waals surface area contributed by atoms with Gasteiger partial charge in [-0.15, -0.1) is 0 Å². The Morgan fingerprint density at radius 3 is 2.70 bits per heavy atom. The Balaban J connectivity index is 1.95. The van der Waals surface area contributed by atoms with Gasteiger partial charge in [0.25, 0.3) is 0 Å². The molecule has 2 amide bonds. The number of carbonyl (C=O) groups is 2. The summed E-state index contributed by atoms with van der Waals surface area (Å²) in [5.41, 5.74) is 7.43. The molecular formula is C23H33FN6O3. The topological polar surface area (TPSA) is 107 Å². The zero-order valence-electron chi connectivity index (χ0n) is 19.5. The molecule has 180 valence electrons. The van der Waals surface area contributed by atoms with Crippen LogP contribution in [0.25, 0.3) is 5.57 Å². The zero-order valence-corrected chi connectivity index (χ0v) is 19.5. The predicted octanol–water partition coefficient (Wildman–Crippen LogP) is 2.80. The number of amides is 2. The molecule has 33 heavy (non-hydrogen) atoms. The van der Waals surface area contributed by atoms with Crippen LogP contribution in [0.4, 0.5) is 14.9 Å². The number of ether oxygens (including phenoxy) is 1. The number of nitrogens with zero attached hydrogens (tertiary/aromatic N) is 2. The molecule has 9 nitrogen and oxygen atoms in total. The number of carbonyl (C=O) groups excluding carboxylic acids is 2. The SMILES string of the molecule is CNN/N=C\CCNc1ccc(C(/C=C\C(C)N2C[C@H](CNC(C)=O)OC2=O)=C(/C)F)cc1. The summed E-state index contributed by atoms with van der Waals surface area (Å²) in [6.45, 7) is 5.99. The molecule has 1 unspecified atom stereocenters. The van der Waals surface area contributed by atoms with Gasteiger partial charge >= 0.3 is 6.09 Å². The number of anilines is 1. The molecule has 0 bridgehead atoms. The molecule has 1 heterocycles. The number of cyclic esters (lactones) is 1. The van der Waals surface area contributed by atoms with Crippen LogP contribution in [0.3, 0.4) is 0 Å². The highest BCUT2D eigenvalue weighted by molar-refractivity contribution is 5.77. The van der Waals surface area contributed by atoms with E-state index in [1.807, 2.05) is 31.2 Å². The van der Waals surface area contributed by atoms with Crippen LogP contribution in [0.1, 0.15) is 32.8 Å². The number of benzene rings is 1. The van der Waals surface area contributed by atoms with E-state index in [4.69, 9.17) is 4.74 Å². The lowest BCUT2D eigenvalue weighted by atomic mass is 10.0. The largest absolute Gasteiger partial charge is 0.442 e. The molecule has 1 aromatic rings. The van der Waals surface area contributed by atoms with Gasteiger partial charge in [0.1, 0.15) is 11.9 Å². The van der Waals surface area contributed by atoms with Crippen molar-refractivity contribution in [2.24, 2.45) is 5.10 Å². The van der Waals surface area contributed by atoms with Gasteiger partial charge in [0.05, 0.1) is 19.1 Å². The number of nitrogens with one attached hydrogen (secondary N) is 4. The quantitative estimate of drug-likeness (QED) is 0.165. The number of hydrazone groups is 1. The highest BCUT2D eigenvalue weighted by Gasteiger charge is 2.33. The summed E-state index contributed by atoms with van der Waals surface area (Å²) in [7, 11) is 1.74. The van der Waals surface area contributed by atoms with E-state index in [0.717, 1.165) is 17.7 Å². The van der Waals surface area contributed by atoms with Gasteiger partial charge in [-0.2, -0.15) is 5.10 Å². The van der Waals surface area contributed by atoms with Crippen LogP contribution >= 0.6 is 0 Å². The average Bonchev–Trinajstić information content (AvgIpc) is 3.16. The highest BCUT2D eigenvalue weighted by Crippen LogP contribution is 2.24. The van der Waals surface area contributed by atoms with Crippen molar-refractivity contribution < 1.29 is 18.7 Å². The van der Waals surface area contributed by atoms with Crippen molar-refractivity contribution in [3.05, 3.63) is 47.8 Å². The fourth-order valence-corrected chi connectivity index (χ4v) is 3.21. The summed E-state index contributed by atoms with van der Waals surface area (Å²) in [5.74, 6) is -0.498. The van der Waals surface area contributed by atoms with Gasteiger partial charge in [0.15, 0.2) is 0 Å². The number of allylic oxidation sites excluding steroid dienone is 3. The van der Waals surface area contributed by atoms with Crippen LogP contribution in [-0.2, 0) is 9.53 Å². The molecule has 0 radical (unpaired) electrons. The number of rotatable bonds is 12. The highest BCUT2D eigenvalue weighted by atomic mass is 19.1. The summed E-state index contributed by atoms with van der Waals surface area (Å²) in [5, 5.41) is 9.86. The summed E-state index contributed by atoms with van der Waals surface area (Å²) < 4.78 is 19.6. The summed E-state index contributed by atoms with van der Waals surface area (Å²) in [6.07, 6.45) is 5.10. The molecule has 0 aliphatic carbocycles. The number of hydrogen-bond donors (Lipinski definition) is 4. The van der Waals surface area contributed by atoms with Crippen LogP contribution < -0.4 is 21.6 Å². The second kappa shape index (κ2) is 13.2. The summed E-state index contributed by atoms with van der Waals surface area (Å²) in [4.78, 5) is 24.8. The van der Waals surface area contributed by atoms with Crippen molar-refractivity contribution in [2.75, 3.05) is 32.0 Å². The molecule has 0 saturated carbocycles. The Hall–Kier alpha value is -3.40. The van der Waals surface area contributed by atoms with Gasteiger partial charge in [-0.3, -0.25) is 9.69 Å². The average molecular weight is 461 g/mol. The lowest BCUT2D eigenvalue weighted by Gasteiger charge is -2.19. The zero-order chi connectivity index (χ0) is 24.2. The lowest BCUT2D eigenvalue weighted by molar-refractivity contribution is -0.119. The van der Waals surface area contributed by atoms with Crippen molar-refractivity contribution in [2.45, 2.75) is 39.3 Å². The molecule has 1 aromatic carbocycles. The second-order valence-electron chi connectivity index (χ2n) is 7.61. The third-order valence-electron chi connectivity index (χ3n) is 4.95. The standard InChI is InChI=1S/C23H33FN6O3/c1-16(30-15-21(33-23(30)32)14-27-18(3)31)6-11-22(17(2)24)19-7-9-20(10-8-19)26-12-5-13-28-29-25-4/h6-11,13,16,21,25-26,29H,5,12,14-15H2,1-4H3,(H,27,31)/b11-6-,22-17-,28-13-/t16?,21-/m0/s1. The summed E-state index contributed by atoms with van der Waals surface area (Å²) in [6, 6.07) is 7.18. The maximum Gasteiger partial charge on any atom is 0.410 e. The first-order valence-electron chi connectivity index (χ1n) is 10.9. The summed E-state index contributed by atoms with van der Waals surface area (Å²) >= 11 is 0. The molecular weight excluding hydrogens is 427 g/mol. The Labute approximate surface area is 194 Å². The molecule has 1 aliphatic rings. The first kappa shape index (κ1) is 25.9. The minimum Gasteiger partial charge on any atom is -0.442 e. The molecule has 0 aromatic heterocycles. The Bertz CT molecular complexity index is 881. The van der Waals surface area contributed by atoms with E-state index < -0.39 is 12.2 Å². The Morgan fingerprint density at radius 1 is 1.33 bits per heavy atom. The number of hydrogen-bond acceptors (Lipinski definition) is 7. The monoisotopic (exact) mass is 460 g/mol. The van der Waals surface area contributed by atoms with Crippen molar-refractivity contribution in [3.63, 3.8) is 0 Å². The molecule has 1 aliphatic heterocycles. The fourth-order valence-electron chi connectivity index (χ4n) is 3.21. The molecule has 1 fully saturated rings. The van der Waals surface area contributed by atoms with Gasteiger partial charge in [0.2, 0.25) is 5.91 Å². The molecule has 0 spiro atoms. The van der Waals surface area contributed by atoms with Gasteiger partial charge in [-0.25, -0.2) is 20.1 Å². The van der Waals surface area contributed by atoms with Gasteiger partial charge in [0, 0.05) is 44.4 Å². The van der Waals surface area contributed by atoms with Crippen molar-refractivity contribution in [1.29, 1.82) is 0 Å². The number of hydrazine groups is 1. The minimum atomic E-state index is -0.452. The van der Waals surface area contributed by atoms with Crippen LogP contribution in [0.2, 0.25) is 0 Å². The van der Waals surface area contributed by atoms with Crippen molar-refractivity contribution in [3.8, 4) is 0 Å². The fraction of sp³-hybridized carbons (Fsp3) is 0.435. The van der Waals surface area contributed by atoms with Crippen molar-refractivity contribution >= 4 is 29.5 Å². The van der Waals surface area contributed by atoms with E-state index >= 15 is 0 Å². The minimum absolute atomic E-state index is 0.178. The predicted molar refractivity (Wildman–Crippen MR) is 128 cm³/mol. The van der Waals surface area contributed by atoms with E-state index in [9.17, 15) is 14.0 Å². The van der Waals surface area contributed by atoms with E-state index in [1.165, 1.54) is 13.8 Å². The van der Waals surface area contributed by atoms with Crippen LogP contribution in [0, 0.1) is 0 Å². The van der Waals surface area contributed by atoms with Crippen molar-refractivity contribution in [1.82, 2.24) is 21.2 Å². The first-order chi connectivity index (χ1) is 15.8. The van der Waals surface area contributed by atoms with E-state index in [-0.39, 0.29) is 24.3 Å². The molecule has 2 atom stereocenters. The van der Waals surface area contributed by atoms with E-state index in [1.54, 1.807) is 30.3 Å². The Morgan fingerprint density at radius 2 is 2.06 bits per heavy atom. The smallest absolute Gasteiger partial charge is 0.410 e. The van der Waals surface area contributed by atoms with E-state index in [2.05, 4.69) is 26.7 Å². The molecule has 1 saturated heterocycles. The number of halogens is 1. The maximum atomic E-state index is 14.3. The molecule has 4 N–H and O–H groups in total. The third kappa shape index (κ3) is 8.57. The van der Waals surface area contributed by atoms with Crippen LogP contribution in [0.5, 0.6) is 0 Å².